The molecule has 0 saturated heterocycles. The van der Waals surface area contributed by atoms with Crippen molar-refractivity contribution in [3.05, 3.63) is 77.6 Å². The molecular weight excluding hydrogens is 308 g/mol. The molecule has 0 aliphatic rings. The Kier molecular flexibility index (Phi) is 5.19. The monoisotopic (exact) mass is 330 g/mol. The third-order valence-corrected chi connectivity index (χ3v) is 4.03. The third-order valence-electron chi connectivity index (χ3n) is 4.03. The van der Waals surface area contributed by atoms with Crippen molar-refractivity contribution in [3.8, 4) is 11.3 Å². The van der Waals surface area contributed by atoms with E-state index in [-0.39, 0.29) is 0 Å². The van der Waals surface area contributed by atoms with Gasteiger partial charge in [-0.3, -0.25) is 5.43 Å². The lowest BCUT2D eigenvalue weighted by Crippen LogP contribution is -2.03. The molecule has 0 bridgehead atoms. The highest BCUT2D eigenvalue weighted by Gasteiger charge is 2.04. The molecule has 0 amide bonds. The maximum Gasteiger partial charge on any atom is 0.150 e. The first-order chi connectivity index (χ1) is 12.2. The largest absolute Gasteiger partial charge is 0.261 e. The van der Waals surface area contributed by atoms with Crippen LogP contribution in [0, 0.1) is 6.92 Å². The van der Waals surface area contributed by atoms with Gasteiger partial charge in [-0.2, -0.15) is 5.10 Å². The number of hydrogen-bond donors (Lipinski definition) is 1. The molecule has 0 aliphatic heterocycles. The molecule has 25 heavy (non-hydrogen) atoms. The van der Waals surface area contributed by atoms with Crippen molar-refractivity contribution in [2.45, 2.75) is 27.2 Å². The van der Waals surface area contributed by atoms with Crippen LogP contribution in [0.1, 0.15) is 30.8 Å². The fourth-order valence-electron chi connectivity index (χ4n) is 2.57. The van der Waals surface area contributed by atoms with Gasteiger partial charge >= 0.3 is 0 Å². The second kappa shape index (κ2) is 7.71. The number of benzene rings is 2. The lowest BCUT2D eigenvalue weighted by molar-refractivity contribution is 1.05. The summed E-state index contributed by atoms with van der Waals surface area (Å²) >= 11 is 0. The van der Waals surface area contributed by atoms with E-state index < -0.39 is 0 Å². The van der Waals surface area contributed by atoms with Gasteiger partial charge in [-0.25, -0.2) is 9.97 Å². The fourth-order valence-corrected chi connectivity index (χ4v) is 2.57. The van der Waals surface area contributed by atoms with Crippen molar-refractivity contribution in [3.63, 3.8) is 0 Å². The van der Waals surface area contributed by atoms with Crippen LogP contribution in [0.5, 0.6) is 0 Å². The average Bonchev–Trinajstić information content (AvgIpc) is 2.66. The highest BCUT2D eigenvalue weighted by molar-refractivity contribution is 5.99. The number of nitrogens with one attached hydrogen (secondary N) is 1. The number of anilines is 1. The first-order valence-electron chi connectivity index (χ1n) is 8.46. The van der Waals surface area contributed by atoms with E-state index in [0.29, 0.717) is 11.6 Å². The fraction of sp³-hybridized carbons (Fsp3) is 0.190. The van der Waals surface area contributed by atoms with Crippen molar-refractivity contribution in [2.75, 3.05) is 5.43 Å². The lowest BCUT2D eigenvalue weighted by Gasteiger charge is -2.07. The molecule has 126 valence electrons. The predicted molar refractivity (Wildman–Crippen MR) is 104 cm³/mol. The van der Waals surface area contributed by atoms with E-state index in [1.807, 2.05) is 50.2 Å². The van der Waals surface area contributed by atoms with E-state index in [2.05, 4.69) is 51.7 Å². The smallest absolute Gasteiger partial charge is 0.150 e. The molecule has 0 fully saturated rings. The van der Waals surface area contributed by atoms with Crippen LogP contribution >= 0.6 is 0 Å². The maximum absolute atomic E-state index is 4.51. The Bertz CT molecular complexity index is 868. The third kappa shape index (κ3) is 4.29. The van der Waals surface area contributed by atoms with Gasteiger partial charge in [0, 0.05) is 11.6 Å². The van der Waals surface area contributed by atoms with E-state index in [4.69, 9.17) is 0 Å². The number of rotatable bonds is 5. The van der Waals surface area contributed by atoms with Crippen LogP contribution in [-0.2, 0) is 6.42 Å². The van der Waals surface area contributed by atoms with Crippen molar-refractivity contribution in [1.82, 2.24) is 9.97 Å². The summed E-state index contributed by atoms with van der Waals surface area (Å²) < 4.78 is 0. The summed E-state index contributed by atoms with van der Waals surface area (Å²) in [5, 5.41) is 4.47. The van der Waals surface area contributed by atoms with Crippen LogP contribution in [0.2, 0.25) is 0 Å². The summed E-state index contributed by atoms with van der Waals surface area (Å²) in [6.07, 6.45) is 1.04. The molecule has 0 spiro atoms. The van der Waals surface area contributed by atoms with Gasteiger partial charge in [0.1, 0.15) is 11.6 Å². The quantitative estimate of drug-likeness (QED) is 0.537. The molecule has 3 rings (SSSR count). The van der Waals surface area contributed by atoms with Gasteiger partial charge in [0.2, 0.25) is 0 Å². The van der Waals surface area contributed by atoms with Gasteiger partial charge in [0.25, 0.3) is 0 Å². The Morgan fingerprint density at radius 1 is 1.00 bits per heavy atom. The molecule has 3 aromatic rings. The van der Waals surface area contributed by atoms with Crippen LogP contribution in [-0.4, -0.2) is 15.7 Å². The Hall–Kier alpha value is -3.01. The standard InChI is InChI=1S/C21H22N4/c1-4-17-10-12-18(13-11-17)15(2)24-25-21-14-20(22-16(3)23-21)19-8-6-5-7-9-19/h5-14H,4H2,1-3H3,(H,22,23,25)/b24-15-. The van der Waals surface area contributed by atoms with Gasteiger partial charge < -0.3 is 0 Å². The van der Waals surface area contributed by atoms with Gasteiger partial charge in [-0.05, 0) is 31.4 Å². The first-order valence-corrected chi connectivity index (χ1v) is 8.46. The SMILES string of the molecule is CCc1ccc(/C(C)=N\Nc2cc(-c3ccccc3)nc(C)n2)cc1. The van der Waals surface area contributed by atoms with Gasteiger partial charge in [0.15, 0.2) is 0 Å². The molecule has 2 aromatic carbocycles. The molecule has 4 nitrogen and oxygen atoms in total. The number of aromatic nitrogens is 2. The maximum atomic E-state index is 4.51. The Morgan fingerprint density at radius 3 is 2.40 bits per heavy atom. The van der Waals surface area contributed by atoms with Gasteiger partial charge in [-0.1, -0.05) is 61.5 Å². The second-order valence-corrected chi connectivity index (χ2v) is 5.91. The van der Waals surface area contributed by atoms with Crippen LogP contribution < -0.4 is 5.43 Å². The number of hydrazone groups is 1. The molecule has 0 radical (unpaired) electrons. The zero-order valence-electron chi connectivity index (χ0n) is 14.8. The summed E-state index contributed by atoms with van der Waals surface area (Å²) in [6, 6.07) is 20.5. The zero-order chi connectivity index (χ0) is 17.6. The lowest BCUT2D eigenvalue weighted by atomic mass is 10.1. The van der Waals surface area contributed by atoms with Crippen LogP contribution in [0.3, 0.4) is 0 Å². The van der Waals surface area contributed by atoms with Crippen molar-refractivity contribution in [1.29, 1.82) is 0 Å². The number of aryl methyl sites for hydroxylation is 2. The summed E-state index contributed by atoms with van der Waals surface area (Å²) in [4.78, 5) is 8.93. The second-order valence-electron chi connectivity index (χ2n) is 5.91. The Morgan fingerprint density at radius 2 is 1.72 bits per heavy atom. The first kappa shape index (κ1) is 16.8. The van der Waals surface area contributed by atoms with E-state index in [1.165, 1.54) is 5.56 Å². The molecule has 0 saturated carbocycles. The average molecular weight is 330 g/mol. The normalized spacial score (nSPS) is 11.4. The molecule has 0 atom stereocenters. The predicted octanol–water partition coefficient (Wildman–Crippen LogP) is 4.85. The molecule has 4 heteroatoms. The van der Waals surface area contributed by atoms with Crippen molar-refractivity contribution in [2.24, 2.45) is 5.10 Å². The van der Waals surface area contributed by atoms with Gasteiger partial charge in [-0.15, -0.1) is 0 Å². The molecule has 0 unspecified atom stereocenters. The van der Waals surface area contributed by atoms with Gasteiger partial charge in [0.05, 0.1) is 11.4 Å². The number of nitrogens with zero attached hydrogens (tertiary/aromatic N) is 3. The van der Waals surface area contributed by atoms with E-state index in [0.717, 1.165) is 29.0 Å². The summed E-state index contributed by atoms with van der Waals surface area (Å²) in [6.45, 7) is 6.02. The molecule has 1 N–H and O–H groups in total. The molecular formula is C21H22N4. The minimum atomic E-state index is 0.691. The van der Waals surface area contributed by atoms with E-state index in [1.54, 1.807) is 0 Å². The molecule has 1 aromatic heterocycles. The summed E-state index contributed by atoms with van der Waals surface area (Å²) in [7, 11) is 0. The van der Waals surface area contributed by atoms with E-state index >= 15 is 0 Å². The van der Waals surface area contributed by atoms with Crippen LogP contribution in [0.25, 0.3) is 11.3 Å². The van der Waals surface area contributed by atoms with Crippen molar-refractivity contribution < 1.29 is 0 Å². The summed E-state index contributed by atoms with van der Waals surface area (Å²) in [5.41, 5.74) is 8.34. The summed E-state index contributed by atoms with van der Waals surface area (Å²) in [5.74, 6) is 1.40. The van der Waals surface area contributed by atoms with Crippen molar-refractivity contribution >= 4 is 11.5 Å². The number of hydrogen-bond acceptors (Lipinski definition) is 4. The van der Waals surface area contributed by atoms with E-state index in [9.17, 15) is 0 Å². The van der Waals surface area contributed by atoms with Crippen LogP contribution in [0.4, 0.5) is 5.82 Å². The van der Waals surface area contributed by atoms with Crippen LogP contribution in [0.15, 0.2) is 65.8 Å². The molecule has 0 aliphatic carbocycles. The highest BCUT2D eigenvalue weighted by atomic mass is 15.3. The highest BCUT2D eigenvalue weighted by Crippen LogP contribution is 2.19. The Labute approximate surface area is 148 Å². The topological polar surface area (TPSA) is 50.2 Å². The Balaban J connectivity index is 1.81. The minimum absolute atomic E-state index is 0.691. The zero-order valence-corrected chi connectivity index (χ0v) is 14.8. The minimum Gasteiger partial charge on any atom is -0.261 e. The molecule has 1 heterocycles.